The zero-order valence-electron chi connectivity index (χ0n) is 19.7. The molecule has 11 heteroatoms. The number of thioether (sulfide) groups is 1. The smallest absolute Gasteiger partial charge is 0.261 e. The monoisotopic (exact) mass is 538 g/mol. The summed E-state index contributed by atoms with van der Waals surface area (Å²) in [5.74, 6) is 0.626. The van der Waals surface area contributed by atoms with Crippen molar-refractivity contribution in [1.29, 1.82) is 0 Å². The number of nitrogens with one attached hydrogen (secondary N) is 2. The second kappa shape index (κ2) is 11.4. The molecule has 0 bridgehead atoms. The summed E-state index contributed by atoms with van der Waals surface area (Å²) >= 11 is 1.51. The van der Waals surface area contributed by atoms with Crippen LogP contribution in [0, 0.1) is 0 Å². The highest BCUT2D eigenvalue weighted by atomic mass is 32.2. The number of hydrogen-bond acceptors (Lipinski definition) is 8. The second-order valence-electron chi connectivity index (χ2n) is 8.50. The fraction of sp³-hybridized carbons (Fsp3) is 0.231. The van der Waals surface area contributed by atoms with Crippen molar-refractivity contribution in [2.24, 2.45) is 0 Å². The summed E-state index contributed by atoms with van der Waals surface area (Å²) in [6.07, 6.45) is 0.954. The molecule has 0 aliphatic carbocycles. The number of sulfonamides is 1. The van der Waals surface area contributed by atoms with Gasteiger partial charge in [0.1, 0.15) is 6.33 Å². The Bertz CT molecular complexity index is 1400. The zero-order chi connectivity index (χ0) is 25.7. The Morgan fingerprint density at radius 2 is 1.81 bits per heavy atom. The predicted molar refractivity (Wildman–Crippen MR) is 139 cm³/mol. The first-order chi connectivity index (χ1) is 18.0. The topological polar surface area (TPSA) is 126 Å². The van der Waals surface area contributed by atoms with Crippen LogP contribution in [0.1, 0.15) is 35.5 Å². The molecule has 5 rings (SSSR count). The summed E-state index contributed by atoms with van der Waals surface area (Å²) < 4.78 is 41.0. The maximum absolute atomic E-state index is 12.8. The normalized spacial score (nSPS) is 20.0. The minimum atomic E-state index is -3.74. The van der Waals surface area contributed by atoms with E-state index in [-0.39, 0.29) is 23.7 Å². The van der Waals surface area contributed by atoms with Gasteiger partial charge >= 0.3 is 0 Å². The van der Waals surface area contributed by atoms with Crippen molar-refractivity contribution >= 4 is 27.5 Å². The quantitative estimate of drug-likeness (QED) is 0.267. The second-order valence-corrected chi connectivity index (χ2v) is 11.2. The van der Waals surface area contributed by atoms with Crippen molar-refractivity contribution in [3.8, 4) is 0 Å². The van der Waals surface area contributed by atoms with Gasteiger partial charge in [-0.25, -0.2) is 13.4 Å². The van der Waals surface area contributed by atoms with E-state index in [4.69, 9.17) is 9.47 Å². The molecule has 1 aromatic heterocycles. The Morgan fingerprint density at radius 1 is 1.00 bits per heavy atom. The number of benzene rings is 3. The summed E-state index contributed by atoms with van der Waals surface area (Å²) in [4.78, 5) is 4.35. The average molecular weight is 539 g/mol. The number of H-pyrrole nitrogens is 1. The summed E-state index contributed by atoms with van der Waals surface area (Å²) in [6.45, 7) is -0.0281. The van der Waals surface area contributed by atoms with Crippen molar-refractivity contribution < 1.29 is 23.0 Å². The van der Waals surface area contributed by atoms with E-state index in [0.717, 1.165) is 11.1 Å². The summed E-state index contributed by atoms with van der Waals surface area (Å²) in [5.41, 5.74) is 2.90. The Kier molecular flexibility index (Phi) is 7.87. The van der Waals surface area contributed by atoms with E-state index in [9.17, 15) is 13.5 Å². The van der Waals surface area contributed by atoms with Crippen LogP contribution < -0.4 is 4.72 Å². The highest BCUT2D eigenvalue weighted by Crippen LogP contribution is 2.39. The minimum absolute atomic E-state index is 0.0281. The van der Waals surface area contributed by atoms with Crippen LogP contribution in [-0.4, -0.2) is 40.6 Å². The molecular weight excluding hydrogens is 512 g/mol. The lowest BCUT2D eigenvalue weighted by Crippen LogP contribution is -2.31. The van der Waals surface area contributed by atoms with E-state index < -0.39 is 16.3 Å². The molecule has 3 atom stereocenters. The van der Waals surface area contributed by atoms with Crippen LogP contribution in [0.5, 0.6) is 0 Å². The third-order valence-electron chi connectivity index (χ3n) is 5.88. The number of rotatable bonds is 9. The van der Waals surface area contributed by atoms with Gasteiger partial charge in [0, 0.05) is 23.4 Å². The van der Waals surface area contributed by atoms with Gasteiger partial charge in [0.05, 0.1) is 23.7 Å². The molecule has 0 radical (unpaired) electrons. The number of aromatic amines is 1. The minimum Gasteiger partial charge on any atom is -0.392 e. The van der Waals surface area contributed by atoms with Gasteiger partial charge in [0.25, 0.3) is 10.0 Å². The lowest BCUT2D eigenvalue weighted by Gasteiger charge is -2.36. The molecule has 1 unspecified atom stereocenters. The van der Waals surface area contributed by atoms with Gasteiger partial charge in [-0.15, -0.1) is 0 Å². The van der Waals surface area contributed by atoms with Gasteiger partial charge in [0.2, 0.25) is 0 Å². The van der Waals surface area contributed by atoms with Gasteiger partial charge in [-0.05, 0) is 35.4 Å². The molecule has 0 saturated carbocycles. The average Bonchev–Trinajstić information content (AvgIpc) is 3.46. The van der Waals surface area contributed by atoms with Crippen molar-refractivity contribution in [3.05, 3.63) is 102 Å². The first-order valence-corrected chi connectivity index (χ1v) is 14.1. The number of anilines is 1. The van der Waals surface area contributed by atoms with Crippen molar-refractivity contribution in [2.75, 3.05) is 10.5 Å². The maximum atomic E-state index is 12.8. The summed E-state index contributed by atoms with van der Waals surface area (Å²) in [7, 11) is -3.74. The van der Waals surface area contributed by atoms with Gasteiger partial charge in [0.15, 0.2) is 11.4 Å². The van der Waals surface area contributed by atoms with Crippen molar-refractivity contribution in [2.45, 2.75) is 41.6 Å². The highest BCUT2D eigenvalue weighted by Gasteiger charge is 2.32. The number of aromatic nitrogens is 3. The molecule has 2 heterocycles. The Labute approximate surface area is 219 Å². The van der Waals surface area contributed by atoms with Gasteiger partial charge < -0.3 is 14.6 Å². The fourth-order valence-electron chi connectivity index (χ4n) is 4.02. The van der Waals surface area contributed by atoms with Crippen LogP contribution >= 0.6 is 11.8 Å². The molecule has 3 N–H and O–H groups in total. The van der Waals surface area contributed by atoms with Gasteiger partial charge in [-0.1, -0.05) is 66.4 Å². The Balaban J connectivity index is 1.37. The van der Waals surface area contributed by atoms with Crippen molar-refractivity contribution in [3.63, 3.8) is 0 Å². The third-order valence-corrected chi connectivity index (χ3v) is 8.28. The Morgan fingerprint density at radius 3 is 2.54 bits per heavy atom. The Hall–Kier alpha value is -3.22. The van der Waals surface area contributed by atoms with Crippen LogP contribution in [0.25, 0.3) is 0 Å². The van der Waals surface area contributed by atoms with E-state index in [1.54, 1.807) is 48.5 Å². The van der Waals surface area contributed by atoms with Crippen LogP contribution in [0.3, 0.4) is 0 Å². The number of ether oxygens (including phenoxy) is 2. The predicted octanol–water partition coefficient (Wildman–Crippen LogP) is 4.44. The molecule has 4 aromatic rings. The first-order valence-electron chi connectivity index (χ1n) is 11.7. The molecule has 37 heavy (non-hydrogen) atoms. The van der Waals surface area contributed by atoms with Crippen molar-refractivity contribution in [1.82, 2.24) is 15.2 Å². The van der Waals surface area contributed by atoms with Gasteiger partial charge in [-0.2, -0.15) is 5.10 Å². The van der Waals surface area contributed by atoms with Crippen LogP contribution in [0.2, 0.25) is 0 Å². The molecule has 1 aliphatic heterocycles. The molecule has 192 valence electrons. The number of hydrogen-bond donors (Lipinski definition) is 3. The third kappa shape index (κ3) is 6.38. The molecule has 0 amide bonds. The molecule has 1 aliphatic rings. The van der Waals surface area contributed by atoms with E-state index in [1.165, 1.54) is 18.1 Å². The summed E-state index contributed by atoms with van der Waals surface area (Å²) in [6, 6.07) is 22.9. The lowest BCUT2D eigenvalue weighted by atomic mass is 10.0. The molecule has 3 aromatic carbocycles. The molecular formula is C26H26N4O5S2. The molecule has 0 spiro atoms. The number of nitrogens with zero attached hydrogens (tertiary/aromatic N) is 2. The van der Waals surface area contributed by atoms with E-state index in [1.807, 2.05) is 30.3 Å². The van der Waals surface area contributed by atoms with E-state index in [0.29, 0.717) is 28.6 Å². The number of aliphatic hydroxyl groups is 1. The summed E-state index contributed by atoms with van der Waals surface area (Å²) in [5, 5.41) is 16.8. The standard InChI is InChI=1S/C26H26N4O5S2/c31-15-18-9-11-19(12-10-18)24-14-22(16-36-26-27-17-28-29-26)34-25(35-24)20-5-4-6-21(13-20)30-37(32,33)23-7-2-1-3-8-23/h1-13,17,22,24-25,30-31H,14-16H2,(H,27,28,29)/t22-,24+,25?/m0/s1. The van der Waals surface area contributed by atoms with Crippen LogP contribution in [0.4, 0.5) is 5.69 Å². The molecule has 1 saturated heterocycles. The zero-order valence-corrected chi connectivity index (χ0v) is 21.4. The number of aliphatic hydroxyl groups excluding tert-OH is 1. The van der Waals surface area contributed by atoms with E-state index in [2.05, 4.69) is 19.9 Å². The SMILES string of the molecule is O=S(=O)(Nc1cccc(C2O[C@H](CSc3ncn[nH]3)C[C@H](c3ccc(CO)cc3)O2)c1)c1ccccc1. The fourth-order valence-corrected chi connectivity index (χ4v) is 5.89. The van der Waals surface area contributed by atoms with Gasteiger partial charge in [-0.3, -0.25) is 9.82 Å². The molecule has 9 nitrogen and oxygen atoms in total. The van der Waals surface area contributed by atoms with Crippen LogP contribution in [0.15, 0.2) is 95.2 Å². The molecule has 1 fully saturated rings. The maximum Gasteiger partial charge on any atom is 0.261 e. The van der Waals surface area contributed by atoms with Crippen LogP contribution in [-0.2, 0) is 26.1 Å². The lowest BCUT2D eigenvalue weighted by molar-refractivity contribution is -0.245. The first kappa shape index (κ1) is 25.4. The highest BCUT2D eigenvalue weighted by molar-refractivity contribution is 7.99. The largest absolute Gasteiger partial charge is 0.392 e. The van der Waals surface area contributed by atoms with E-state index >= 15 is 0 Å².